The minimum atomic E-state index is -4.94. The van der Waals surface area contributed by atoms with Gasteiger partial charge in [-0.1, -0.05) is 0 Å². The molecule has 158 valence electrons. The molecular weight excluding hydrogens is 397 g/mol. The van der Waals surface area contributed by atoms with Gasteiger partial charge in [-0.25, -0.2) is 9.59 Å². The second-order valence-electron chi connectivity index (χ2n) is 6.62. The van der Waals surface area contributed by atoms with Gasteiger partial charge in [-0.15, -0.1) is 18.3 Å². The van der Waals surface area contributed by atoms with Crippen LogP contribution < -0.4 is 10.1 Å². The summed E-state index contributed by atoms with van der Waals surface area (Å²) in [6.07, 6.45) is -5.80. The van der Waals surface area contributed by atoms with Gasteiger partial charge in [-0.2, -0.15) is 10.3 Å². The van der Waals surface area contributed by atoms with Gasteiger partial charge in [0, 0.05) is 5.56 Å². The lowest BCUT2D eigenvalue weighted by molar-refractivity contribution is -0.274. The summed E-state index contributed by atoms with van der Waals surface area (Å²) in [5.74, 6) is -1.43. The average molecular weight is 416 g/mol. The van der Waals surface area contributed by atoms with Gasteiger partial charge in [0.1, 0.15) is 17.0 Å². The predicted molar refractivity (Wildman–Crippen MR) is 94.3 cm³/mol. The van der Waals surface area contributed by atoms with Crippen LogP contribution in [-0.4, -0.2) is 46.0 Å². The number of aromatic amines is 1. The van der Waals surface area contributed by atoms with Gasteiger partial charge in [-0.05, 0) is 45.9 Å². The first kappa shape index (κ1) is 22.0. The topological polar surface area (TPSA) is 115 Å². The number of nitrogens with one attached hydrogen (secondary N) is 2. The van der Waals surface area contributed by atoms with Crippen molar-refractivity contribution in [3.05, 3.63) is 23.9 Å². The van der Waals surface area contributed by atoms with Crippen LogP contribution in [0.4, 0.5) is 23.7 Å². The number of H-pyrrole nitrogens is 1. The lowest BCUT2D eigenvalue weighted by Crippen LogP contribution is -2.27. The van der Waals surface area contributed by atoms with Crippen molar-refractivity contribution >= 4 is 17.7 Å². The van der Waals surface area contributed by atoms with Crippen LogP contribution in [0.3, 0.4) is 0 Å². The van der Waals surface area contributed by atoms with Crippen molar-refractivity contribution in [3.63, 3.8) is 0 Å². The van der Waals surface area contributed by atoms with Crippen molar-refractivity contribution in [3.8, 4) is 17.0 Å². The van der Waals surface area contributed by atoms with Gasteiger partial charge >= 0.3 is 18.4 Å². The van der Waals surface area contributed by atoms with Gasteiger partial charge in [-0.3, -0.25) is 5.32 Å². The maximum atomic E-state index is 12.6. The molecule has 9 nitrogen and oxygen atoms in total. The Kier molecular flexibility index (Phi) is 6.34. The molecule has 1 aromatic heterocycles. The maximum Gasteiger partial charge on any atom is 0.573 e. The molecule has 1 amide bonds. The normalized spacial score (nSPS) is 11.7. The summed E-state index contributed by atoms with van der Waals surface area (Å²) in [4.78, 5) is 24.2. The molecule has 0 aliphatic carbocycles. The van der Waals surface area contributed by atoms with Crippen molar-refractivity contribution in [2.24, 2.45) is 0 Å². The fourth-order valence-corrected chi connectivity index (χ4v) is 2.20. The van der Waals surface area contributed by atoms with E-state index in [1.807, 2.05) is 0 Å². The Morgan fingerprint density at radius 3 is 2.45 bits per heavy atom. The van der Waals surface area contributed by atoms with E-state index in [1.54, 1.807) is 27.7 Å². The molecule has 0 saturated carbocycles. The monoisotopic (exact) mass is 416 g/mol. The van der Waals surface area contributed by atoms with Crippen molar-refractivity contribution in [2.75, 3.05) is 11.9 Å². The number of aromatic nitrogens is 3. The van der Waals surface area contributed by atoms with Crippen molar-refractivity contribution in [1.82, 2.24) is 15.4 Å². The van der Waals surface area contributed by atoms with E-state index in [2.05, 4.69) is 25.5 Å². The van der Waals surface area contributed by atoms with Gasteiger partial charge in [0.05, 0.1) is 12.3 Å². The molecule has 0 fully saturated rings. The van der Waals surface area contributed by atoms with Crippen LogP contribution in [0, 0.1) is 0 Å². The van der Waals surface area contributed by atoms with E-state index in [9.17, 15) is 22.8 Å². The van der Waals surface area contributed by atoms with Crippen LogP contribution in [0.1, 0.15) is 38.2 Å². The maximum absolute atomic E-state index is 12.6. The Bertz CT molecular complexity index is 890. The highest BCUT2D eigenvalue weighted by Gasteiger charge is 2.32. The number of alkyl halides is 3. The number of hydrogen-bond donors (Lipinski definition) is 2. The number of nitrogens with zero attached hydrogens (tertiary/aromatic N) is 2. The van der Waals surface area contributed by atoms with E-state index in [1.165, 1.54) is 0 Å². The SMILES string of the molecule is CCOC(=O)c1n[nH]nc1-c1cc(OC(F)(F)F)ccc1NC(=O)OC(C)(C)C. The Labute approximate surface area is 163 Å². The number of benzene rings is 1. The minimum absolute atomic E-state index is 0.0215. The number of anilines is 1. The summed E-state index contributed by atoms with van der Waals surface area (Å²) in [6, 6.07) is 3.11. The summed E-state index contributed by atoms with van der Waals surface area (Å²) in [5.41, 5.74) is -1.26. The molecule has 0 saturated heterocycles. The number of amides is 1. The Balaban J connectivity index is 2.49. The molecule has 12 heteroatoms. The second-order valence-corrected chi connectivity index (χ2v) is 6.62. The van der Waals surface area contributed by atoms with Crippen LogP contribution >= 0.6 is 0 Å². The fraction of sp³-hybridized carbons (Fsp3) is 0.412. The lowest BCUT2D eigenvalue weighted by Gasteiger charge is -2.20. The molecule has 2 aromatic rings. The number of carbonyl (C=O) groups is 2. The zero-order valence-corrected chi connectivity index (χ0v) is 16.0. The molecule has 0 aliphatic rings. The number of hydrogen-bond acceptors (Lipinski definition) is 7. The van der Waals surface area contributed by atoms with Crippen molar-refractivity contribution < 1.29 is 37.0 Å². The quantitative estimate of drug-likeness (QED) is 0.711. The number of halogens is 3. The minimum Gasteiger partial charge on any atom is -0.461 e. The Hall–Kier alpha value is -3.31. The van der Waals surface area contributed by atoms with Gasteiger partial charge in [0.2, 0.25) is 0 Å². The molecule has 0 unspecified atom stereocenters. The van der Waals surface area contributed by atoms with Crippen LogP contribution in [0.5, 0.6) is 5.75 Å². The predicted octanol–water partition coefficient (Wildman–Crippen LogP) is 3.89. The largest absolute Gasteiger partial charge is 0.573 e. The highest BCUT2D eigenvalue weighted by Crippen LogP contribution is 2.34. The number of carbonyl (C=O) groups excluding carboxylic acids is 2. The first-order valence-corrected chi connectivity index (χ1v) is 8.37. The zero-order chi connectivity index (χ0) is 21.8. The van der Waals surface area contributed by atoms with Crippen LogP contribution in [0.15, 0.2) is 18.2 Å². The molecule has 29 heavy (non-hydrogen) atoms. The highest BCUT2D eigenvalue weighted by atomic mass is 19.4. The van der Waals surface area contributed by atoms with Gasteiger partial charge < -0.3 is 14.2 Å². The fourth-order valence-electron chi connectivity index (χ4n) is 2.20. The van der Waals surface area contributed by atoms with Crippen molar-refractivity contribution in [1.29, 1.82) is 0 Å². The summed E-state index contributed by atoms with van der Waals surface area (Å²) in [6.45, 7) is 6.55. The molecule has 2 N–H and O–H groups in total. The van der Waals surface area contributed by atoms with E-state index in [0.29, 0.717) is 0 Å². The van der Waals surface area contributed by atoms with Crippen LogP contribution in [-0.2, 0) is 9.47 Å². The molecule has 1 aromatic carbocycles. The number of rotatable bonds is 5. The van der Waals surface area contributed by atoms with E-state index < -0.39 is 29.8 Å². The molecule has 0 atom stereocenters. The molecule has 0 spiro atoms. The number of ether oxygens (including phenoxy) is 3. The Morgan fingerprint density at radius 1 is 1.17 bits per heavy atom. The van der Waals surface area contributed by atoms with E-state index in [0.717, 1.165) is 18.2 Å². The van der Waals surface area contributed by atoms with Crippen molar-refractivity contribution in [2.45, 2.75) is 39.7 Å². The van der Waals surface area contributed by atoms with Crippen LogP contribution in [0.2, 0.25) is 0 Å². The summed E-state index contributed by atoms with van der Waals surface area (Å²) in [7, 11) is 0. The van der Waals surface area contributed by atoms with Gasteiger partial charge in [0.15, 0.2) is 5.69 Å². The standard InChI is InChI=1S/C17H19F3N4O5/c1-5-27-14(25)13-12(22-24-23-13)10-8-9(28-17(18,19)20)6-7-11(10)21-15(26)29-16(2,3)4/h6-8H,5H2,1-4H3,(H,21,26)(H,22,23,24). The molecule has 2 rings (SSSR count). The first-order valence-electron chi connectivity index (χ1n) is 8.37. The lowest BCUT2D eigenvalue weighted by atomic mass is 10.1. The zero-order valence-electron chi connectivity index (χ0n) is 16.0. The van der Waals surface area contributed by atoms with E-state index in [-0.39, 0.29) is 29.2 Å². The third-order valence-electron chi connectivity index (χ3n) is 3.13. The third kappa shape index (κ3) is 6.36. The van der Waals surface area contributed by atoms with E-state index in [4.69, 9.17) is 9.47 Å². The number of esters is 1. The molecule has 0 bridgehead atoms. The first-order chi connectivity index (χ1) is 13.4. The molecule has 0 aliphatic heterocycles. The summed E-state index contributed by atoms with van der Waals surface area (Å²) < 4.78 is 51.7. The second kappa shape index (κ2) is 8.37. The Morgan fingerprint density at radius 2 is 1.86 bits per heavy atom. The summed E-state index contributed by atoms with van der Waals surface area (Å²) in [5, 5.41) is 12.1. The molecular formula is C17H19F3N4O5. The highest BCUT2D eigenvalue weighted by molar-refractivity contribution is 5.98. The molecule has 1 heterocycles. The third-order valence-corrected chi connectivity index (χ3v) is 3.13. The molecule has 0 radical (unpaired) electrons. The average Bonchev–Trinajstić information content (AvgIpc) is 3.03. The van der Waals surface area contributed by atoms with Crippen LogP contribution in [0.25, 0.3) is 11.3 Å². The smallest absolute Gasteiger partial charge is 0.461 e. The van der Waals surface area contributed by atoms with E-state index >= 15 is 0 Å². The summed E-state index contributed by atoms with van der Waals surface area (Å²) >= 11 is 0. The van der Waals surface area contributed by atoms with Gasteiger partial charge in [0.25, 0.3) is 0 Å².